The Morgan fingerprint density at radius 3 is 2.95 bits per heavy atom. The second-order valence-electron chi connectivity index (χ2n) is 6.35. The Balaban J connectivity index is 1.67. The summed E-state index contributed by atoms with van der Waals surface area (Å²) < 4.78 is 10.4. The molecule has 0 spiro atoms. The average molecular weight is 291 g/mol. The summed E-state index contributed by atoms with van der Waals surface area (Å²) in [6.07, 6.45) is 2.26. The lowest BCUT2D eigenvalue weighted by Crippen LogP contribution is -2.33. The van der Waals surface area contributed by atoms with E-state index in [1.165, 1.54) is 5.57 Å². The summed E-state index contributed by atoms with van der Waals surface area (Å²) in [5, 5.41) is 4.12. The summed E-state index contributed by atoms with van der Waals surface area (Å²) >= 11 is 0. The van der Waals surface area contributed by atoms with E-state index in [1.54, 1.807) is 12.0 Å². The van der Waals surface area contributed by atoms with Crippen LogP contribution < -0.4 is 0 Å². The molecule has 6 nitrogen and oxygen atoms in total. The second-order valence-corrected chi connectivity index (χ2v) is 6.35. The Hall–Kier alpha value is -1.69. The molecule has 2 aliphatic rings. The summed E-state index contributed by atoms with van der Waals surface area (Å²) in [6, 6.07) is 0. The lowest BCUT2D eigenvalue weighted by Gasteiger charge is -2.37. The first-order valence-corrected chi connectivity index (χ1v) is 7.29. The zero-order chi connectivity index (χ0) is 15.0. The highest BCUT2D eigenvalue weighted by molar-refractivity contribution is 5.79. The average Bonchev–Trinajstić information content (AvgIpc) is 3.01. The molecule has 1 unspecified atom stereocenters. The van der Waals surface area contributed by atoms with Gasteiger partial charge in [0.1, 0.15) is 0 Å². The Morgan fingerprint density at radius 1 is 1.52 bits per heavy atom. The molecule has 2 fully saturated rings. The van der Waals surface area contributed by atoms with Gasteiger partial charge in [-0.05, 0) is 12.8 Å². The third-order valence-electron chi connectivity index (χ3n) is 4.39. The van der Waals surface area contributed by atoms with Crippen LogP contribution in [0.3, 0.4) is 0 Å². The molecule has 0 N–H and O–H groups in total. The van der Waals surface area contributed by atoms with Crippen molar-refractivity contribution in [3.05, 3.63) is 23.9 Å². The number of carbonyl (C=O) groups is 1. The van der Waals surface area contributed by atoms with E-state index in [9.17, 15) is 4.79 Å². The minimum absolute atomic E-state index is 0.00230. The van der Waals surface area contributed by atoms with Crippen LogP contribution >= 0.6 is 0 Å². The van der Waals surface area contributed by atoms with Crippen molar-refractivity contribution in [3.63, 3.8) is 0 Å². The first-order chi connectivity index (χ1) is 10.0. The number of rotatable bonds is 5. The van der Waals surface area contributed by atoms with Crippen molar-refractivity contribution >= 4 is 5.91 Å². The van der Waals surface area contributed by atoms with Crippen LogP contribution in [0.2, 0.25) is 0 Å². The molecular weight excluding hydrogens is 270 g/mol. The topological polar surface area (TPSA) is 68.5 Å². The molecule has 1 aliphatic heterocycles. The van der Waals surface area contributed by atoms with Gasteiger partial charge in [-0.1, -0.05) is 24.2 Å². The van der Waals surface area contributed by atoms with E-state index >= 15 is 0 Å². The van der Waals surface area contributed by atoms with E-state index in [1.807, 2.05) is 0 Å². The largest absolute Gasteiger partial charge is 0.383 e. The van der Waals surface area contributed by atoms with Crippen LogP contribution in [0.15, 0.2) is 16.7 Å². The Bertz CT molecular complexity index is 558. The van der Waals surface area contributed by atoms with Crippen molar-refractivity contribution in [1.82, 2.24) is 15.0 Å². The van der Waals surface area contributed by atoms with Gasteiger partial charge in [0.2, 0.25) is 11.8 Å². The number of amides is 1. The molecule has 6 heteroatoms. The Kier molecular flexibility index (Phi) is 3.57. The van der Waals surface area contributed by atoms with Gasteiger partial charge < -0.3 is 14.2 Å². The number of allylic oxidation sites excluding steroid dienone is 1. The van der Waals surface area contributed by atoms with Crippen molar-refractivity contribution in [2.45, 2.75) is 37.5 Å². The maximum atomic E-state index is 11.9. The van der Waals surface area contributed by atoms with E-state index in [4.69, 9.17) is 9.26 Å². The summed E-state index contributed by atoms with van der Waals surface area (Å²) in [5.74, 6) is 1.45. The normalized spacial score (nSPS) is 24.5. The molecule has 21 heavy (non-hydrogen) atoms. The molecule has 1 atom stereocenters. The summed E-state index contributed by atoms with van der Waals surface area (Å²) in [6.45, 7) is 7.89. The van der Waals surface area contributed by atoms with Gasteiger partial charge in [-0.25, -0.2) is 0 Å². The number of methoxy groups -OCH3 is 1. The number of ether oxygens (including phenoxy) is 1. The zero-order valence-corrected chi connectivity index (χ0v) is 12.6. The van der Waals surface area contributed by atoms with E-state index in [0.29, 0.717) is 32.0 Å². The molecule has 1 aromatic rings. The molecule has 3 rings (SSSR count). The van der Waals surface area contributed by atoms with Gasteiger partial charge in [0.05, 0.1) is 12.5 Å². The number of aromatic nitrogens is 2. The lowest BCUT2D eigenvalue weighted by atomic mass is 9.67. The van der Waals surface area contributed by atoms with Gasteiger partial charge in [-0.15, -0.1) is 0 Å². The van der Waals surface area contributed by atoms with Crippen molar-refractivity contribution < 1.29 is 14.1 Å². The zero-order valence-electron chi connectivity index (χ0n) is 12.6. The number of carbonyl (C=O) groups excluding carboxylic acids is 1. The van der Waals surface area contributed by atoms with E-state index in [0.717, 1.165) is 18.7 Å². The van der Waals surface area contributed by atoms with Gasteiger partial charge >= 0.3 is 0 Å². The SMILES string of the molecule is C=C1CC(C)(c2noc(C3CC(=O)N(CCOC)C3)n2)C1. The van der Waals surface area contributed by atoms with Crippen LogP contribution in [0.1, 0.15) is 43.8 Å². The third-order valence-corrected chi connectivity index (χ3v) is 4.39. The molecule has 2 heterocycles. The molecule has 1 aromatic heterocycles. The Morgan fingerprint density at radius 2 is 2.29 bits per heavy atom. The third kappa shape index (κ3) is 2.60. The molecule has 1 aliphatic carbocycles. The maximum absolute atomic E-state index is 11.9. The predicted octanol–water partition coefficient (Wildman–Crippen LogP) is 1.64. The highest BCUT2D eigenvalue weighted by Gasteiger charge is 2.42. The number of likely N-dealkylation sites (tertiary alicyclic amines) is 1. The first kappa shape index (κ1) is 14.3. The van der Waals surface area contributed by atoms with Crippen molar-refractivity contribution in [3.8, 4) is 0 Å². The summed E-state index contributed by atoms with van der Waals surface area (Å²) in [5.41, 5.74) is 1.18. The van der Waals surface area contributed by atoms with Crippen LogP contribution in [0, 0.1) is 0 Å². The van der Waals surface area contributed by atoms with Gasteiger partial charge in [0.15, 0.2) is 5.82 Å². The standard InChI is InChI=1S/C15H21N3O3/c1-10-7-15(2,8-10)14-16-13(21-17-14)11-6-12(19)18(9-11)4-5-20-3/h11H,1,4-9H2,2-3H3. The van der Waals surface area contributed by atoms with Crippen molar-refractivity contribution in [1.29, 1.82) is 0 Å². The number of hydrogen-bond donors (Lipinski definition) is 0. The van der Waals surface area contributed by atoms with Gasteiger partial charge in [0.25, 0.3) is 0 Å². The molecule has 1 saturated carbocycles. The predicted molar refractivity (Wildman–Crippen MR) is 75.8 cm³/mol. The quantitative estimate of drug-likeness (QED) is 0.771. The van der Waals surface area contributed by atoms with E-state index in [-0.39, 0.29) is 17.2 Å². The molecule has 0 bridgehead atoms. The minimum Gasteiger partial charge on any atom is -0.383 e. The molecule has 0 aromatic carbocycles. The smallest absolute Gasteiger partial charge is 0.232 e. The van der Waals surface area contributed by atoms with Crippen LogP contribution in [0.4, 0.5) is 0 Å². The second kappa shape index (κ2) is 5.26. The van der Waals surface area contributed by atoms with Crippen molar-refractivity contribution in [2.24, 2.45) is 0 Å². The molecular formula is C15H21N3O3. The monoisotopic (exact) mass is 291 g/mol. The summed E-state index contributed by atoms with van der Waals surface area (Å²) in [7, 11) is 1.63. The highest BCUT2D eigenvalue weighted by atomic mass is 16.5. The fourth-order valence-corrected chi connectivity index (χ4v) is 3.21. The van der Waals surface area contributed by atoms with Crippen LogP contribution in [-0.2, 0) is 14.9 Å². The van der Waals surface area contributed by atoms with Crippen LogP contribution in [0.5, 0.6) is 0 Å². The number of nitrogens with zero attached hydrogens (tertiary/aromatic N) is 3. The molecule has 1 amide bonds. The van der Waals surface area contributed by atoms with Crippen LogP contribution in [0.25, 0.3) is 0 Å². The maximum Gasteiger partial charge on any atom is 0.232 e. The molecule has 0 radical (unpaired) electrons. The molecule has 1 saturated heterocycles. The lowest BCUT2D eigenvalue weighted by molar-refractivity contribution is -0.128. The Labute approximate surface area is 124 Å². The highest BCUT2D eigenvalue weighted by Crippen LogP contribution is 2.45. The van der Waals surface area contributed by atoms with Gasteiger partial charge in [0, 0.05) is 32.0 Å². The fraction of sp³-hybridized carbons (Fsp3) is 0.667. The summed E-state index contributed by atoms with van der Waals surface area (Å²) in [4.78, 5) is 18.3. The van der Waals surface area contributed by atoms with E-state index < -0.39 is 0 Å². The van der Waals surface area contributed by atoms with Gasteiger partial charge in [-0.3, -0.25) is 4.79 Å². The molecule has 114 valence electrons. The van der Waals surface area contributed by atoms with E-state index in [2.05, 4.69) is 23.6 Å². The first-order valence-electron chi connectivity index (χ1n) is 7.29. The van der Waals surface area contributed by atoms with Gasteiger partial charge in [-0.2, -0.15) is 4.98 Å². The fourth-order valence-electron chi connectivity index (χ4n) is 3.21. The number of hydrogen-bond acceptors (Lipinski definition) is 5. The minimum atomic E-state index is -0.0445. The van der Waals surface area contributed by atoms with Crippen LogP contribution in [-0.4, -0.2) is 47.8 Å². The van der Waals surface area contributed by atoms with Crippen molar-refractivity contribution in [2.75, 3.05) is 26.8 Å².